The molecule has 1 aliphatic rings. The first-order valence-electron chi connectivity index (χ1n) is 3.76. The fourth-order valence-corrected chi connectivity index (χ4v) is 1.10. The van der Waals surface area contributed by atoms with Crippen molar-refractivity contribution >= 4 is 5.97 Å². The Kier molecular flexibility index (Phi) is 2.29. The zero-order chi connectivity index (χ0) is 8.43. The average molecular weight is 156 g/mol. The van der Waals surface area contributed by atoms with Crippen LogP contribution in [-0.4, -0.2) is 23.3 Å². The molecule has 1 aliphatic heterocycles. The molecule has 1 heterocycles. The molecule has 0 aliphatic carbocycles. The predicted molar refractivity (Wildman–Crippen MR) is 39.9 cm³/mol. The maximum atomic E-state index is 10.9. The number of rotatable bonds is 1. The van der Waals surface area contributed by atoms with Crippen molar-refractivity contribution in [1.29, 1.82) is 0 Å². The fourth-order valence-electron chi connectivity index (χ4n) is 1.10. The van der Waals surface area contributed by atoms with Gasteiger partial charge in [0, 0.05) is 0 Å². The van der Waals surface area contributed by atoms with Crippen molar-refractivity contribution in [3.63, 3.8) is 0 Å². The highest BCUT2D eigenvalue weighted by molar-refractivity contribution is 5.92. The van der Waals surface area contributed by atoms with Crippen LogP contribution in [0.15, 0.2) is 11.6 Å². The Hall–Kier alpha value is -0.830. The molecule has 0 unspecified atom stereocenters. The SMILES string of the molecule is CC/C=C1/C(=O)O[C@@H](C)[C@@H]1O. The molecule has 1 rings (SSSR count). The van der Waals surface area contributed by atoms with Gasteiger partial charge in [0.25, 0.3) is 0 Å². The Morgan fingerprint density at radius 3 is 2.73 bits per heavy atom. The van der Waals surface area contributed by atoms with Gasteiger partial charge in [-0.2, -0.15) is 0 Å². The Bertz CT molecular complexity index is 196. The highest BCUT2D eigenvalue weighted by atomic mass is 16.6. The van der Waals surface area contributed by atoms with E-state index in [0.717, 1.165) is 6.42 Å². The number of hydrogen-bond acceptors (Lipinski definition) is 3. The minimum absolute atomic E-state index is 0.383. The second-order valence-electron chi connectivity index (χ2n) is 2.62. The Balaban J connectivity index is 2.80. The van der Waals surface area contributed by atoms with E-state index in [1.54, 1.807) is 13.0 Å². The smallest absolute Gasteiger partial charge is 0.336 e. The van der Waals surface area contributed by atoms with Crippen LogP contribution < -0.4 is 0 Å². The summed E-state index contributed by atoms with van der Waals surface area (Å²) in [5, 5.41) is 9.34. The van der Waals surface area contributed by atoms with E-state index in [4.69, 9.17) is 4.74 Å². The molecule has 0 amide bonds. The molecule has 1 N–H and O–H groups in total. The third-order valence-electron chi connectivity index (χ3n) is 1.72. The number of hydrogen-bond donors (Lipinski definition) is 1. The van der Waals surface area contributed by atoms with E-state index in [-0.39, 0.29) is 12.1 Å². The average Bonchev–Trinajstić information content (AvgIpc) is 2.17. The largest absolute Gasteiger partial charge is 0.456 e. The summed E-state index contributed by atoms with van der Waals surface area (Å²) in [6.45, 7) is 3.59. The van der Waals surface area contributed by atoms with E-state index in [0.29, 0.717) is 5.57 Å². The van der Waals surface area contributed by atoms with Gasteiger partial charge >= 0.3 is 5.97 Å². The van der Waals surface area contributed by atoms with E-state index in [1.807, 2.05) is 6.92 Å². The third kappa shape index (κ3) is 1.43. The molecule has 0 radical (unpaired) electrons. The van der Waals surface area contributed by atoms with Crippen LogP contribution in [0.25, 0.3) is 0 Å². The summed E-state index contributed by atoms with van der Waals surface area (Å²) in [6.07, 6.45) is 1.33. The highest BCUT2D eigenvalue weighted by Gasteiger charge is 2.34. The van der Waals surface area contributed by atoms with Gasteiger partial charge in [0.15, 0.2) is 0 Å². The van der Waals surface area contributed by atoms with Crippen LogP contribution in [0, 0.1) is 0 Å². The molecule has 1 fully saturated rings. The lowest BCUT2D eigenvalue weighted by molar-refractivity contribution is -0.138. The van der Waals surface area contributed by atoms with E-state index >= 15 is 0 Å². The first-order chi connectivity index (χ1) is 5.16. The molecule has 3 nitrogen and oxygen atoms in total. The van der Waals surface area contributed by atoms with Crippen LogP contribution in [-0.2, 0) is 9.53 Å². The molecule has 0 aromatic rings. The van der Waals surface area contributed by atoms with Gasteiger partial charge in [-0.05, 0) is 13.3 Å². The standard InChI is InChI=1S/C8H12O3/c1-3-4-6-7(9)5(2)11-8(6)10/h4-5,7,9H,3H2,1-2H3/b6-4+/t5-,7-/m0/s1. The zero-order valence-corrected chi connectivity index (χ0v) is 6.70. The van der Waals surface area contributed by atoms with Crippen LogP contribution in [0.1, 0.15) is 20.3 Å². The van der Waals surface area contributed by atoms with Gasteiger partial charge in [-0.3, -0.25) is 0 Å². The molecule has 0 bridgehead atoms. The molecule has 1 saturated heterocycles. The molecule has 3 heteroatoms. The summed E-state index contributed by atoms with van der Waals surface area (Å²) < 4.78 is 4.78. The van der Waals surface area contributed by atoms with Gasteiger partial charge in [0.2, 0.25) is 0 Å². The lowest BCUT2D eigenvalue weighted by Gasteiger charge is -2.03. The third-order valence-corrected chi connectivity index (χ3v) is 1.72. The summed E-state index contributed by atoms with van der Waals surface area (Å²) in [5.74, 6) is -0.383. The van der Waals surface area contributed by atoms with Crippen LogP contribution in [0.5, 0.6) is 0 Å². The first-order valence-corrected chi connectivity index (χ1v) is 3.76. The van der Waals surface area contributed by atoms with Gasteiger partial charge in [-0.1, -0.05) is 13.0 Å². The van der Waals surface area contributed by atoms with E-state index in [1.165, 1.54) is 0 Å². The van der Waals surface area contributed by atoms with Crippen molar-refractivity contribution in [3.05, 3.63) is 11.6 Å². The van der Waals surface area contributed by atoms with Gasteiger partial charge in [0.1, 0.15) is 12.2 Å². The fraction of sp³-hybridized carbons (Fsp3) is 0.625. The first kappa shape index (κ1) is 8.27. The molecule has 0 spiro atoms. The number of carbonyl (C=O) groups is 1. The van der Waals surface area contributed by atoms with Crippen molar-refractivity contribution in [2.24, 2.45) is 0 Å². The number of allylic oxidation sites excluding steroid dienone is 1. The second kappa shape index (κ2) is 3.05. The predicted octanol–water partition coefficient (Wildman–Crippen LogP) is 0.629. The molecule has 11 heavy (non-hydrogen) atoms. The number of esters is 1. The topological polar surface area (TPSA) is 46.5 Å². The van der Waals surface area contributed by atoms with Gasteiger partial charge in [0.05, 0.1) is 5.57 Å². The molecular weight excluding hydrogens is 144 g/mol. The second-order valence-corrected chi connectivity index (χ2v) is 2.62. The molecule has 0 aromatic heterocycles. The number of carbonyl (C=O) groups excluding carboxylic acids is 1. The van der Waals surface area contributed by atoms with E-state index < -0.39 is 6.10 Å². The van der Waals surface area contributed by atoms with Gasteiger partial charge in [-0.15, -0.1) is 0 Å². The van der Waals surface area contributed by atoms with Crippen LogP contribution in [0.2, 0.25) is 0 Å². The minimum Gasteiger partial charge on any atom is -0.456 e. The summed E-state index contributed by atoms with van der Waals surface area (Å²) >= 11 is 0. The van der Waals surface area contributed by atoms with Crippen LogP contribution in [0.3, 0.4) is 0 Å². The van der Waals surface area contributed by atoms with Crippen molar-refractivity contribution in [3.8, 4) is 0 Å². The molecule has 0 saturated carbocycles. The van der Waals surface area contributed by atoms with Crippen molar-refractivity contribution in [1.82, 2.24) is 0 Å². The van der Waals surface area contributed by atoms with Crippen LogP contribution >= 0.6 is 0 Å². The summed E-state index contributed by atoms with van der Waals surface area (Å²) in [7, 11) is 0. The number of aliphatic hydroxyl groups excluding tert-OH is 1. The number of ether oxygens (including phenoxy) is 1. The monoisotopic (exact) mass is 156 g/mol. The van der Waals surface area contributed by atoms with E-state index in [9.17, 15) is 9.90 Å². The molecule has 2 atom stereocenters. The van der Waals surface area contributed by atoms with Gasteiger partial charge < -0.3 is 9.84 Å². The minimum atomic E-state index is -0.734. The molecule has 0 aromatic carbocycles. The number of aliphatic hydroxyl groups is 1. The maximum Gasteiger partial charge on any atom is 0.336 e. The summed E-state index contributed by atoms with van der Waals surface area (Å²) in [5.41, 5.74) is 0.403. The summed E-state index contributed by atoms with van der Waals surface area (Å²) in [6, 6.07) is 0. The van der Waals surface area contributed by atoms with Crippen LogP contribution in [0.4, 0.5) is 0 Å². The van der Waals surface area contributed by atoms with Crippen molar-refractivity contribution < 1.29 is 14.6 Å². The lowest BCUT2D eigenvalue weighted by Crippen LogP contribution is -2.17. The van der Waals surface area contributed by atoms with Gasteiger partial charge in [-0.25, -0.2) is 4.79 Å². The van der Waals surface area contributed by atoms with Crippen molar-refractivity contribution in [2.45, 2.75) is 32.5 Å². The lowest BCUT2D eigenvalue weighted by atomic mass is 10.1. The number of cyclic esters (lactones) is 1. The summed E-state index contributed by atoms with van der Waals surface area (Å²) in [4.78, 5) is 10.9. The van der Waals surface area contributed by atoms with E-state index in [2.05, 4.69) is 0 Å². The Morgan fingerprint density at radius 2 is 2.36 bits per heavy atom. The Morgan fingerprint density at radius 1 is 1.73 bits per heavy atom. The maximum absolute atomic E-state index is 10.9. The highest BCUT2D eigenvalue weighted by Crippen LogP contribution is 2.20. The van der Waals surface area contributed by atoms with Crippen molar-refractivity contribution in [2.75, 3.05) is 0 Å². The molecular formula is C8H12O3. The zero-order valence-electron chi connectivity index (χ0n) is 6.70. The Labute approximate surface area is 65.7 Å². The quantitative estimate of drug-likeness (QED) is 0.447. The molecule has 62 valence electrons. The normalized spacial score (nSPS) is 34.5.